The van der Waals surface area contributed by atoms with Gasteiger partial charge in [-0.05, 0) is 17.7 Å². The first kappa shape index (κ1) is 14.5. The summed E-state index contributed by atoms with van der Waals surface area (Å²) in [4.78, 5) is 25.3. The van der Waals surface area contributed by atoms with Gasteiger partial charge in [0.1, 0.15) is 12.6 Å². The van der Waals surface area contributed by atoms with E-state index in [1.807, 2.05) is 0 Å². The van der Waals surface area contributed by atoms with E-state index in [1.165, 1.54) is 4.90 Å². The van der Waals surface area contributed by atoms with Gasteiger partial charge in [-0.25, -0.2) is 0 Å². The molecule has 0 saturated heterocycles. The number of hydrogen-bond donors (Lipinski definition) is 2. The van der Waals surface area contributed by atoms with Crippen molar-refractivity contribution in [3.05, 3.63) is 71.1 Å². The Morgan fingerprint density at radius 2 is 1.83 bits per heavy atom. The summed E-state index contributed by atoms with van der Waals surface area (Å²) < 4.78 is 5.74. The van der Waals surface area contributed by atoms with Gasteiger partial charge >= 0.3 is 5.97 Å². The summed E-state index contributed by atoms with van der Waals surface area (Å²) in [7, 11) is 0. The number of ketones is 1. The van der Waals surface area contributed by atoms with Gasteiger partial charge in [-0.3, -0.25) is 14.5 Å². The molecule has 2 aromatic rings. The lowest BCUT2D eigenvalue weighted by atomic mass is 10.1. The molecule has 0 fully saturated rings. The Bertz CT molecular complexity index is 902. The standard InChI is InChI=1S/C18H13NO5/c20-14(21)9-19-12-7-3-4-8-13(12)24-18(19)15-16(22)10-5-1-2-6-11(10)17(15)23/h1-8,16,22H,9H2,(H,20,21). The SMILES string of the molecule is O=C(O)CN1C(=C2C(=O)c3ccccc3C2O)Oc2ccccc21. The number of aliphatic carboxylic acids is 1. The minimum absolute atomic E-state index is 0.0636. The number of nitrogens with zero attached hydrogens (tertiary/aromatic N) is 1. The van der Waals surface area contributed by atoms with Crippen LogP contribution >= 0.6 is 0 Å². The largest absolute Gasteiger partial charge is 0.480 e. The molecule has 4 rings (SSSR count). The van der Waals surface area contributed by atoms with Crippen molar-refractivity contribution in [3.63, 3.8) is 0 Å². The van der Waals surface area contributed by atoms with Crippen molar-refractivity contribution in [1.82, 2.24) is 0 Å². The Morgan fingerprint density at radius 1 is 1.12 bits per heavy atom. The molecule has 0 aromatic heterocycles. The number of benzene rings is 2. The molecule has 2 aliphatic rings. The van der Waals surface area contributed by atoms with Crippen molar-refractivity contribution in [2.75, 3.05) is 11.4 Å². The molecule has 120 valence electrons. The van der Waals surface area contributed by atoms with Gasteiger partial charge in [0.2, 0.25) is 5.88 Å². The van der Waals surface area contributed by atoms with Crippen LogP contribution in [0.4, 0.5) is 5.69 Å². The summed E-state index contributed by atoms with van der Waals surface area (Å²) in [6.07, 6.45) is -1.14. The normalized spacial score (nSPS) is 21.5. The van der Waals surface area contributed by atoms with Crippen molar-refractivity contribution in [2.45, 2.75) is 6.10 Å². The molecule has 0 spiro atoms. The third-order valence-corrected chi connectivity index (χ3v) is 4.15. The van der Waals surface area contributed by atoms with Crippen molar-refractivity contribution in [1.29, 1.82) is 0 Å². The van der Waals surface area contributed by atoms with Crippen LogP contribution in [0.15, 0.2) is 60.0 Å². The second-order valence-corrected chi connectivity index (χ2v) is 5.59. The Balaban J connectivity index is 1.88. The maximum absolute atomic E-state index is 12.7. The van der Waals surface area contributed by atoms with E-state index in [2.05, 4.69) is 0 Å². The first-order valence-electron chi connectivity index (χ1n) is 7.40. The van der Waals surface area contributed by atoms with Crippen LogP contribution in [-0.4, -0.2) is 28.5 Å². The van der Waals surface area contributed by atoms with Crippen molar-refractivity contribution >= 4 is 17.4 Å². The first-order chi connectivity index (χ1) is 11.6. The number of carboxylic acid groups (broad SMARTS) is 1. The Kier molecular flexibility index (Phi) is 3.14. The van der Waals surface area contributed by atoms with Gasteiger partial charge in [0.15, 0.2) is 11.5 Å². The number of Topliss-reactive ketones (excluding diaryl/α,β-unsaturated/α-hetero) is 1. The second kappa shape index (κ2) is 5.21. The molecule has 1 aliphatic carbocycles. The number of carbonyl (C=O) groups is 2. The van der Waals surface area contributed by atoms with E-state index < -0.39 is 12.1 Å². The van der Waals surface area contributed by atoms with E-state index in [4.69, 9.17) is 4.74 Å². The first-order valence-corrected chi connectivity index (χ1v) is 7.40. The summed E-state index contributed by atoms with van der Waals surface area (Å²) in [5.41, 5.74) is 1.52. The van der Waals surface area contributed by atoms with Crippen LogP contribution in [0.25, 0.3) is 0 Å². The zero-order valence-electron chi connectivity index (χ0n) is 12.5. The number of hydrogen-bond acceptors (Lipinski definition) is 5. The number of para-hydroxylation sites is 2. The van der Waals surface area contributed by atoms with Crippen molar-refractivity contribution in [3.8, 4) is 5.75 Å². The van der Waals surface area contributed by atoms with E-state index in [9.17, 15) is 19.8 Å². The minimum atomic E-state index is -1.14. The van der Waals surface area contributed by atoms with Crippen LogP contribution in [0.1, 0.15) is 22.0 Å². The number of aliphatic hydroxyl groups excluding tert-OH is 1. The smallest absolute Gasteiger partial charge is 0.323 e. The lowest BCUT2D eigenvalue weighted by molar-refractivity contribution is -0.135. The van der Waals surface area contributed by atoms with E-state index in [0.29, 0.717) is 22.6 Å². The second-order valence-electron chi connectivity index (χ2n) is 5.59. The third kappa shape index (κ3) is 2.00. The molecule has 0 saturated carbocycles. The fourth-order valence-corrected chi connectivity index (χ4v) is 3.11. The summed E-state index contributed by atoms with van der Waals surface area (Å²) in [6.45, 7) is -0.369. The fraction of sp³-hybridized carbons (Fsp3) is 0.111. The zero-order valence-corrected chi connectivity index (χ0v) is 12.5. The lowest BCUT2D eigenvalue weighted by Gasteiger charge is -2.18. The number of fused-ring (bicyclic) bond motifs is 2. The topological polar surface area (TPSA) is 87.1 Å². The van der Waals surface area contributed by atoms with Crippen molar-refractivity contribution < 1.29 is 24.5 Å². The Hall–Kier alpha value is -3.12. The molecule has 1 atom stereocenters. The number of carbonyl (C=O) groups excluding carboxylic acids is 1. The van der Waals surface area contributed by atoms with Crippen LogP contribution in [0, 0.1) is 0 Å². The van der Waals surface area contributed by atoms with Crippen LogP contribution < -0.4 is 9.64 Å². The number of carboxylic acids is 1. The third-order valence-electron chi connectivity index (χ3n) is 4.15. The molecule has 0 amide bonds. The zero-order chi connectivity index (χ0) is 16.8. The van der Waals surface area contributed by atoms with Gasteiger partial charge in [0.25, 0.3) is 0 Å². The van der Waals surface area contributed by atoms with Crippen LogP contribution in [0.5, 0.6) is 5.75 Å². The quantitative estimate of drug-likeness (QED) is 0.823. The van der Waals surface area contributed by atoms with Gasteiger partial charge < -0.3 is 14.9 Å². The van der Waals surface area contributed by atoms with Crippen LogP contribution in [-0.2, 0) is 4.79 Å². The summed E-state index contributed by atoms with van der Waals surface area (Å²) in [6, 6.07) is 13.7. The highest BCUT2D eigenvalue weighted by atomic mass is 16.5. The van der Waals surface area contributed by atoms with Gasteiger partial charge in [-0.1, -0.05) is 36.4 Å². The highest BCUT2D eigenvalue weighted by molar-refractivity contribution is 6.14. The number of aliphatic hydroxyl groups is 1. The minimum Gasteiger partial charge on any atom is -0.480 e. The average molecular weight is 323 g/mol. The van der Waals surface area contributed by atoms with E-state index in [1.54, 1.807) is 48.5 Å². The van der Waals surface area contributed by atoms with E-state index in [-0.39, 0.29) is 23.8 Å². The van der Waals surface area contributed by atoms with E-state index >= 15 is 0 Å². The predicted octanol–water partition coefficient (Wildman–Crippen LogP) is 2.11. The molecule has 24 heavy (non-hydrogen) atoms. The van der Waals surface area contributed by atoms with Gasteiger partial charge in [0.05, 0.1) is 11.3 Å². The van der Waals surface area contributed by atoms with Crippen molar-refractivity contribution in [2.24, 2.45) is 0 Å². The number of rotatable bonds is 2. The van der Waals surface area contributed by atoms with Gasteiger partial charge in [-0.2, -0.15) is 0 Å². The molecule has 2 aromatic carbocycles. The fourth-order valence-electron chi connectivity index (χ4n) is 3.11. The molecule has 0 radical (unpaired) electrons. The maximum atomic E-state index is 12.7. The Morgan fingerprint density at radius 3 is 2.58 bits per heavy atom. The molecule has 1 heterocycles. The van der Waals surface area contributed by atoms with Crippen LogP contribution in [0.2, 0.25) is 0 Å². The summed E-state index contributed by atoms with van der Waals surface area (Å²) in [5, 5.41) is 19.8. The highest BCUT2D eigenvalue weighted by Gasteiger charge is 2.41. The molecule has 2 N–H and O–H groups in total. The highest BCUT2D eigenvalue weighted by Crippen LogP contribution is 2.44. The van der Waals surface area contributed by atoms with E-state index in [0.717, 1.165) is 0 Å². The van der Waals surface area contributed by atoms with Crippen LogP contribution in [0.3, 0.4) is 0 Å². The monoisotopic (exact) mass is 323 g/mol. The van der Waals surface area contributed by atoms with Gasteiger partial charge in [-0.15, -0.1) is 0 Å². The molecular weight excluding hydrogens is 310 g/mol. The lowest BCUT2D eigenvalue weighted by Crippen LogP contribution is -2.29. The molecule has 6 nitrogen and oxygen atoms in total. The summed E-state index contributed by atoms with van der Waals surface area (Å²) >= 11 is 0. The average Bonchev–Trinajstić information content (AvgIpc) is 3.04. The molecule has 0 bridgehead atoms. The predicted molar refractivity (Wildman–Crippen MR) is 84.8 cm³/mol. The van der Waals surface area contributed by atoms with Gasteiger partial charge in [0, 0.05) is 5.56 Å². The molecular formula is C18H13NO5. The Labute approximate surface area is 137 Å². The molecule has 6 heteroatoms. The maximum Gasteiger partial charge on any atom is 0.323 e. The number of anilines is 1. The molecule has 1 aliphatic heterocycles. The summed E-state index contributed by atoms with van der Waals surface area (Å²) in [5.74, 6) is -0.883. The molecule has 1 unspecified atom stereocenters. The number of ether oxygens (including phenoxy) is 1.